The number of hydrogen-bond acceptors (Lipinski definition) is 8. The third-order valence-electron chi connectivity index (χ3n) is 8.42. The van der Waals surface area contributed by atoms with E-state index in [9.17, 15) is 19.5 Å². The average molecular weight is 637 g/mol. The van der Waals surface area contributed by atoms with Crippen molar-refractivity contribution in [2.75, 3.05) is 57.9 Å². The number of benzene rings is 3. The molecule has 0 bridgehead atoms. The zero-order chi connectivity index (χ0) is 31.3. The number of carbonyl (C=O) groups is 3. The van der Waals surface area contributed by atoms with E-state index in [1.165, 1.54) is 18.9 Å². The highest BCUT2D eigenvalue weighted by molar-refractivity contribution is 6.11. The first-order valence-electron chi connectivity index (χ1n) is 15.0. The normalized spacial score (nSPS) is 17.9. The minimum atomic E-state index is -1.58. The van der Waals surface area contributed by atoms with E-state index in [-0.39, 0.29) is 19.0 Å². The summed E-state index contributed by atoms with van der Waals surface area (Å²) < 4.78 is 10.7. The molecule has 2 unspecified atom stereocenters. The second-order valence-corrected chi connectivity index (χ2v) is 11.1. The topological polar surface area (TPSA) is 103 Å². The number of methoxy groups -OCH3 is 1. The first kappa shape index (κ1) is 33.8. The lowest BCUT2D eigenvalue weighted by Gasteiger charge is -2.40. The van der Waals surface area contributed by atoms with Gasteiger partial charge in [0.1, 0.15) is 11.8 Å². The summed E-state index contributed by atoms with van der Waals surface area (Å²) in [6, 6.07) is 24.3. The fourth-order valence-electron chi connectivity index (χ4n) is 6.30. The van der Waals surface area contributed by atoms with Gasteiger partial charge in [-0.15, -0.1) is 12.4 Å². The third-order valence-corrected chi connectivity index (χ3v) is 8.42. The first-order chi connectivity index (χ1) is 21.3. The van der Waals surface area contributed by atoms with Gasteiger partial charge < -0.3 is 19.5 Å². The number of hydrogen-bond donors (Lipinski definition) is 1. The number of nitrogens with zero attached hydrogens (tertiary/aromatic N) is 4. The van der Waals surface area contributed by atoms with Gasteiger partial charge in [0.15, 0.2) is 5.54 Å². The Morgan fingerprint density at radius 2 is 1.42 bits per heavy atom. The predicted octanol–water partition coefficient (Wildman–Crippen LogP) is 3.76. The third kappa shape index (κ3) is 6.49. The maximum Gasteiger partial charge on any atom is 0.329 e. The Labute approximate surface area is 270 Å². The van der Waals surface area contributed by atoms with E-state index >= 15 is 0 Å². The fourth-order valence-corrected chi connectivity index (χ4v) is 6.30. The molecular weight excluding hydrogens is 596 g/mol. The van der Waals surface area contributed by atoms with Gasteiger partial charge in [-0.3, -0.25) is 14.6 Å². The quantitative estimate of drug-likeness (QED) is 0.251. The molecule has 10 nitrogen and oxygen atoms in total. The number of halogens is 1. The Hall–Kier alpha value is -4.12. The van der Waals surface area contributed by atoms with Crippen molar-refractivity contribution in [3.05, 3.63) is 96.1 Å². The molecule has 0 aliphatic carbocycles. The SMILES string of the molecule is CCOc1ccccc1N1CCN(CC(O)CN2C(=O)N(C(C)C(=O)OC)C(=O)C2(c2ccccc2)c2ccccc2)CC1.Cl. The average Bonchev–Trinajstić information content (AvgIpc) is 3.27. The Balaban J connectivity index is 0.00000461. The van der Waals surface area contributed by atoms with E-state index < -0.39 is 35.6 Å². The number of esters is 1. The van der Waals surface area contributed by atoms with Crippen molar-refractivity contribution in [1.29, 1.82) is 0 Å². The van der Waals surface area contributed by atoms with E-state index in [0.717, 1.165) is 29.4 Å². The molecule has 0 spiro atoms. The lowest BCUT2D eigenvalue weighted by molar-refractivity contribution is -0.149. The summed E-state index contributed by atoms with van der Waals surface area (Å²) in [4.78, 5) is 48.0. The first-order valence-corrected chi connectivity index (χ1v) is 15.0. The summed E-state index contributed by atoms with van der Waals surface area (Å²) in [5, 5.41) is 11.5. The molecule has 1 N–H and O–H groups in total. The largest absolute Gasteiger partial charge is 0.492 e. The Kier molecular flexibility index (Phi) is 11.1. The van der Waals surface area contributed by atoms with Crippen molar-refractivity contribution in [3.63, 3.8) is 0 Å². The molecule has 3 aromatic rings. The predicted molar refractivity (Wildman–Crippen MR) is 174 cm³/mol. The van der Waals surface area contributed by atoms with Crippen molar-refractivity contribution in [2.24, 2.45) is 0 Å². The van der Waals surface area contributed by atoms with Crippen LogP contribution in [0.4, 0.5) is 10.5 Å². The van der Waals surface area contributed by atoms with Crippen LogP contribution >= 0.6 is 12.4 Å². The summed E-state index contributed by atoms with van der Waals surface area (Å²) in [6.45, 7) is 7.14. The van der Waals surface area contributed by atoms with E-state index in [1.54, 1.807) is 24.3 Å². The summed E-state index contributed by atoms with van der Waals surface area (Å²) >= 11 is 0. The zero-order valence-corrected chi connectivity index (χ0v) is 26.7. The maximum atomic E-state index is 14.5. The van der Waals surface area contributed by atoms with Crippen LogP contribution in [0.15, 0.2) is 84.9 Å². The molecule has 45 heavy (non-hydrogen) atoms. The Morgan fingerprint density at radius 3 is 1.98 bits per heavy atom. The molecule has 2 atom stereocenters. The van der Waals surface area contributed by atoms with Gasteiger partial charge in [-0.05, 0) is 37.1 Å². The molecule has 0 radical (unpaired) electrons. The van der Waals surface area contributed by atoms with Crippen LogP contribution < -0.4 is 9.64 Å². The van der Waals surface area contributed by atoms with Crippen LogP contribution in [0.3, 0.4) is 0 Å². The van der Waals surface area contributed by atoms with Crippen LogP contribution in [0.5, 0.6) is 5.75 Å². The molecule has 2 saturated heterocycles. The van der Waals surface area contributed by atoms with Crippen molar-refractivity contribution < 1.29 is 29.0 Å². The van der Waals surface area contributed by atoms with Crippen molar-refractivity contribution in [1.82, 2.24) is 14.7 Å². The van der Waals surface area contributed by atoms with E-state index in [1.807, 2.05) is 61.5 Å². The highest BCUT2D eigenvalue weighted by Gasteiger charge is 2.61. The molecule has 240 valence electrons. The second kappa shape index (κ2) is 14.8. The minimum absolute atomic E-state index is 0. The van der Waals surface area contributed by atoms with Gasteiger partial charge in [0.25, 0.3) is 5.91 Å². The van der Waals surface area contributed by atoms with E-state index in [4.69, 9.17) is 9.47 Å². The van der Waals surface area contributed by atoms with Gasteiger partial charge in [0.2, 0.25) is 0 Å². The van der Waals surface area contributed by atoms with Crippen molar-refractivity contribution >= 4 is 36.0 Å². The lowest BCUT2D eigenvalue weighted by Crippen LogP contribution is -2.53. The number of urea groups is 1. The van der Waals surface area contributed by atoms with Crippen LogP contribution in [0.25, 0.3) is 0 Å². The molecule has 11 heteroatoms. The van der Waals surface area contributed by atoms with Gasteiger partial charge in [0.05, 0.1) is 32.1 Å². The van der Waals surface area contributed by atoms with Crippen molar-refractivity contribution in [2.45, 2.75) is 31.5 Å². The number of aliphatic hydroxyl groups is 1. The summed E-state index contributed by atoms with van der Waals surface area (Å²) in [6.07, 6.45) is -0.964. The number of anilines is 1. The van der Waals surface area contributed by atoms with Gasteiger partial charge >= 0.3 is 12.0 Å². The Morgan fingerprint density at radius 1 is 0.867 bits per heavy atom. The minimum Gasteiger partial charge on any atom is -0.492 e. The molecule has 0 saturated carbocycles. The molecule has 2 fully saturated rings. The molecule has 2 aliphatic heterocycles. The monoisotopic (exact) mass is 636 g/mol. The summed E-state index contributed by atoms with van der Waals surface area (Å²) in [5.41, 5.74) is 0.603. The van der Waals surface area contributed by atoms with Crippen molar-refractivity contribution in [3.8, 4) is 5.75 Å². The van der Waals surface area contributed by atoms with Crippen LogP contribution in [0.1, 0.15) is 25.0 Å². The molecule has 3 aromatic carbocycles. The van der Waals surface area contributed by atoms with Gasteiger partial charge in [-0.25, -0.2) is 14.5 Å². The number of β-amino-alcohol motifs (C(OH)–C–C–N with tert-alkyl or cyclic N) is 1. The smallest absolute Gasteiger partial charge is 0.329 e. The number of ether oxygens (including phenoxy) is 2. The van der Waals surface area contributed by atoms with Crippen LogP contribution in [0.2, 0.25) is 0 Å². The number of para-hydroxylation sites is 2. The molecular formula is C34H41ClN4O6. The number of amides is 3. The Bertz CT molecular complexity index is 1410. The standard InChI is InChI=1S/C34H40N4O6.ClH/c1-4-44-30-18-12-11-17-29(30)36-21-19-35(20-22-36)23-28(39)24-37-33(42)38(25(2)31(40)43-3)32(41)34(37,26-13-7-5-8-14-26)27-15-9-6-10-16-27;/h5-18,25,28,39H,4,19-24H2,1-3H3;1H. The number of aliphatic hydroxyl groups excluding tert-OH is 1. The van der Waals surface area contributed by atoms with Crippen LogP contribution in [-0.2, 0) is 19.9 Å². The highest BCUT2D eigenvalue weighted by atomic mass is 35.5. The summed E-state index contributed by atoms with van der Waals surface area (Å²) in [7, 11) is 1.22. The zero-order valence-electron chi connectivity index (χ0n) is 25.9. The van der Waals surface area contributed by atoms with Crippen LogP contribution in [0, 0.1) is 0 Å². The number of rotatable bonds is 11. The number of imide groups is 1. The molecule has 2 heterocycles. The molecule has 0 aromatic heterocycles. The lowest BCUT2D eigenvalue weighted by atomic mass is 9.81. The van der Waals surface area contributed by atoms with E-state index in [2.05, 4.69) is 15.9 Å². The molecule has 3 amide bonds. The second-order valence-electron chi connectivity index (χ2n) is 11.1. The molecule has 5 rings (SSSR count). The maximum absolute atomic E-state index is 14.5. The number of carbonyl (C=O) groups excluding carboxylic acids is 3. The van der Waals surface area contributed by atoms with Crippen LogP contribution in [-0.4, -0.2) is 103 Å². The van der Waals surface area contributed by atoms with E-state index in [0.29, 0.717) is 37.4 Å². The van der Waals surface area contributed by atoms with Gasteiger partial charge in [0, 0.05) is 32.7 Å². The summed E-state index contributed by atoms with van der Waals surface area (Å²) in [5.74, 6) is -0.413. The molecule has 2 aliphatic rings. The number of piperazine rings is 1. The van der Waals surface area contributed by atoms with Gasteiger partial charge in [-0.1, -0.05) is 72.8 Å². The fraction of sp³-hybridized carbons (Fsp3) is 0.382. The van der Waals surface area contributed by atoms with Gasteiger partial charge in [-0.2, -0.15) is 0 Å². The highest BCUT2D eigenvalue weighted by Crippen LogP contribution is 2.44.